The number of benzene rings is 3. The number of thiocarbonyl (C=S) groups is 1. The minimum absolute atomic E-state index is 0.0723. The number of fused-ring (bicyclic) bond motifs is 1. The molecule has 0 aliphatic carbocycles. The molecule has 0 aromatic heterocycles. The van der Waals surface area contributed by atoms with Gasteiger partial charge >= 0.3 is 18.0 Å². The number of rotatable bonds is 22. The number of unbranched alkanes of at least 4 members (excludes halogenated alkanes) is 3. The lowest BCUT2D eigenvalue weighted by molar-refractivity contribution is -0.139. The SMILES string of the molecule is O=C(O)CNC(=O)NC(CCCCNC(=O)C(Cc1ccc2ccccc2c1)NC(=O)CCCCCNC(=S)Nc1ccc(CC2CNCCNCCNCCN2)cc1)C(=O)O. The highest BCUT2D eigenvalue weighted by Gasteiger charge is 2.23. The molecule has 338 valence electrons. The average molecular weight is 877 g/mol. The lowest BCUT2D eigenvalue weighted by atomic mass is 10.0. The smallest absolute Gasteiger partial charge is 0.326 e. The fourth-order valence-corrected chi connectivity index (χ4v) is 7.16. The van der Waals surface area contributed by atoms with E-state index in [1.807, 2.05) is 54.6 Å². The van der Waals surface area contributed by atoms with Crippen LogP contribution < -0.4 is 53.2 Å². The van der Waals surface area contributed by atoms with Crippen LogP contribution in [0.25, 0.3) is 10.8 Å². The molecule has 1 aliphatic heterocycles. The van der Waals surface area contributed by atoms with Crippen LogP contribution in [-0.2, 0) is 32.0 Å². The minimum Gasteiger partial charge on any atom is -0.480 e. The van der Waals surface area contributed by atoms with E-state index >= 15 is 0 Å². The molecule has 3 aromatic rings. The Hall–Kier alpha value is -5.40. The third kappa shape index (κ3) is 20.0. The van der Waals surface area contributed by atoms with E-state index in [9.17, 15) is 29.1 Å². The van der Waals surface area contributed by atoms with Crippen molar-refractivity contribution in [1.82, 2.24) is 47.9 Å². The standard InChI is InChI=1S/C44H64N10O7S/c55-39(11-2-1-6-19-50-44(62)52-35-16-13-31(14-17-35)27-36-29-47-23-22-45-20-21-46-24-25-48-36)53-38(28-32-12-15-33-8-3-4-9-34(33)26-32)41(58)49-18-7-5-10-37(42(59)60)54-43(61)51-30-40(56)57/h3-4,8-9,12-17,26,36-38,45-48H,1-2,5-7,10-11,18-25,27-30H2,(H,49,58)(H,53,55)(H,56,57)(H,59,60)(H2,50,52,62)(H2,51,54,61). The van der Waals surface area contributed by atoms with Crippen LogP contribution in [0.4, 0.5) is 10.5 Å². The number of hydrogen-bond acceptors (Lipinski definition) is 10. The molecule has 3 aromatic carbocycles. The normalized spacial score (nSPS) is 15.7. The minimum atomic E-state index is -1.26. The molecule has 18 heteroatoms. The molecule has 4 amide bonds. The van der Waals surface area contributed by atoms with Crippen molar-refractivity contribution < 1.29 is 34.2 Å². The molecule has 1 saturated heterocycles. The third-order valence-electron chi connectivity index (χ3n) is 10.3. The van der Waals surface area contributed by atoms with Gasteiger partial charge in [0.15, 0.2) is 5.11 Å². The van der Waals surface area contributed by atoms with Crippen LogP contribution in [0.5, 0.6) is 0 Å². The first-order valence-corrected chi connectivity index (χ1v) is 22.0. The Bertz CT molecular complexity index is 1870. The number of nitrogens with one attached hydrogen (secondary N) is 10. The maximum Gasteiger partial charge on any atom is 0.326 e. The molecule has 1 heterocycles. The van der Waals surface area contributed by atoms with Crippen LogP contribution in [0, 0.1) is 0 Å². The number of hydrogen-bond donors (Lipinski definition) is 12. The Morgan fingerprint density at radius 1 is 0.694 bits per heavy atom. The topological polar surface area (TPSA) is 246 Å². The van der Waals surface area contributed by atoms with Crippen molar-refractivity contribution in [2.24, 2.45) is 0 Å². The molecular formula is C44H64N10O7S. The Labute approximate surface area is 369 Å². The van der Waals surface area contributed by atoms with Crippen molar-refractivity contribution in [2.45, 2.75) is 75.9 Å². The predicted octanol–water partition coefficient (Wildman–Crippen LogP) is 1.82. The lowest BCUT2D eigenvalue weighted by Gasteiger charge is -2.21. The van der Waals surface area contributed by atoms with Gasteiger partial charge in [-0.25, -0.2) is 9.59 Å². The van der Waals surface area contributed by atoms with Crippen LogP contribution in [0.3, 0.4) is 0 Å². The van der Waals surface area contributed by atoms with Crippen molar-refractivity contribution in [3.8, 4) is 0 Å². The Kier molecular flexibility index (Phi) is 22.4. The molecule has 0 saturated carbocycles. The number of urea groups is 1. The number of aliphatic carboxylic acids is 2. The zero-order valence-electron chi connectivity index (χ0n) is 35.4. The van der Waals surface area contributed by atoms with Crippen LogP contribution in [0.1, 0.15) is 56.1 Å². The second kappa shape index (κ2) is 28.2. The predicted molar refractivity (Wildman–Crippen MR) is 245 cm³/mol. The first-order valence-electron chi connectivity index (χ1n) is 21.6. The summed E-state index contributed by atoms with van der Waals surface area (Å²) in [5.74, 6) is -3.10. The van der Waals surface area contributed by atoms with Gasteiger partial charge in [-0.15, -0.1) is 0 Å². The van der Waals surface area contributed by atoms with Crippen molar-refractivity contribution in [2.75, 3.05) is 70.8 Å². The van der Waals surface area contributed by atoms with Gasteiger partial charge in [-0.2, -0.15) is 0 Å². The summed E-state index contributed by atoms with van der Waals surface area (Å²) >= 11 is 5.53. The maximum absolute atomic E-state index is 13.4. The average Bonchev–Trinajstić information content (AvgIpc) is 3.24. The largest absolute Gasteiger partial charge is 0.480 e. The van der Waals surface area contributed by atoms with Gasteiger partial charge in [0.1, 0.15) is 18.6 Å². The van der Waals surface area contributed by atoms with E-state index in [1.54, 1.807) is 0 Å². The fourth-order valence-electron chi connectivity index (χ4n) is 6.94. The van der Waals surface area contributed by atoms with Crippen LogP contribution in [-0.4, -0.2) is 129 Å². The highest BCUT2D eigenvalue weighted by Crippen LogP contribution is 2.17. The Morgan fingerprint density at radius 3 is 2.11 bits per heavy atom. The third-order valence-corrected chi connectivity index (χ3v) is 10.5. The van der Waals surface area contributed by atoms with Gasteiger partial charge in [-0.1, -0.05) is 61.0 Å². The van der Waals surface area contributed by atoms with E-state index in [0.717, 1.165) is 87.1 Å². The summed E-state index contributed by atoms with van der Waals surface area (Å²) in [5.41, 5.74) is 3.04. The zero-order valence-corrected chi connectivity index (χ0v) is 36.2. The van der Waals surface area contributed by atoms with Gasteiger partial charge in [0.05, 0.1) is 0 Å². The number of anilines is 1. The monoisotopic (exact) mass is 876 g/mol. The highest BCUT2D eigenvalue weighted by atomic mass is 32.1. The summed E-state index contributed by atoms with van der Waals surface area (Å²) in [4.78, 5) is 60.7. The summed E-state index contributed by atoms with van der Waals surface area (Å²) in [7, 11) is 0. The number of carboxylic acids is 2. The van der Waals surface area contributed by atoms with E-state index in [-0.39, 0.29) is 37.6 Å². The molecule has 1 fully saturated rings. The molecular weight excluding hydrogens is 813 g/mol. The van der Waals surface area contributed by atoms with E-state index in [0.29, 0.717) is 37.0 Å². The summed E-state index contributed by atoms with van der Waals surface area (Å²) in [5, 5.41) is 51.5. The molecule has 12 N–H and O–H groups in total. The first-order chi connectivity index (χ1) is 30.0. The highest BCUT2D eigenvalue weighted by molar-refractivity contribution is 7.80. The van der Waals surface area contributed by atoms with Gasteiger partial charge in [0.2, 0.25) is 11.8 Å². The van der Waals surface area contributed by atoms with Crippen molar-refractivity contribution in [1.29, 1.82) is 0 Å². The molecule has 3 unspecified atom stereocenters. The molecule has 0 spiro atoms. The van der Waals surface area contributed by atoms with E-state index in [1.165, 1.54) is 5.56 Å². The van der Waals surface area contributed by atoms with E-state index in [4.69, 9.17) is 17.3 Å². The molecule has 0 radical (unpaired) electrons. The summed E-state index contributed by atoms with van der Waals surface area (Å²) in [6, 6.07) is 19.5. The zero-order chi connectivity index (χ0) is 44.4. The number of carbonyl (C=O) groups is 5. The van der Waals surface area contributed by atoms with Gasteiger partial charge in [-0.05, 0) is 84.8 Å². The van der Waals surface area contributed by atoms with Crippen LogP contribution in [0.15, 0.2) is 66.7 Å². The molecule has 62 heavy (non-hydrogen) atoms. The Morgan fingerprint density at radius 2 is 1.37 bits per heavy atom. The maximum atomic E-state index is 13.4. The second-order valence-electron chi connectivity index (χ2n) is 15.4. The van der Waals surface area contributed by atoms with Gasteiger partial charge in [0, 0.05) is 83.5 Å². The molecule has 17 nitrogen and oxygen atoms in total. The first kappa shape index (κ1) is 49.3. The lowest BCUT2D eigenvalue weighted by Crippen LogP contribution is -2.48. The molecule has 1 aliphatic rings. The van der Waals surface area contributed by atoms with Crippen molar-refractivity contribution >= 4 is 63.6 Å². The number of carbonyl (C=O) groups excluding carboxylic acids is 3. The van der Waals surface area contributed by atoms with Crippen LogP contribution in [0.2, 0.25) is 0 Å². The van der Waals surface area contributed by atoms with E-state index < -0.39 is 36.6 Å². The number of amides is 4. The molecule has 3 atom stereocenters. The van der Waals surface area contributed by atoms with Crippen molar-refractivity contribution in [3.05, 3.63) is 77.9 Å². The van der Waals surface area contributed by atoms with Crippen LogP contribution >= 0.6 is 12.2 Å². The van der Waals surface area contributed by atoms with E-state index in [2.05, 4.69) is 65.3 Å². The fraction of sp³-hybridized carbons (Fsp3) is 0.500. The number of carboxylic acid groups (broad SMARTS) is 2. The quantitative estimate of drug-likeness (QED) is 0.0509. The summed E-state index contributed by atoms with van der Waals surface area (Å²) < 4.78 is 0. The Balaban J connectivity index is 1.16. The summed E-state index contributed by atoms with van der Waals surface area (Å²) in [6.45, 7) is 6.82. The summed E-state index contributed by atoms with van der Waals surface area (Å²) in [6.07, 6.45) is 4.50. The van der Waals surface area contributed by atoms with Gasteiger partial charge < -0.3 is 63.4 Å². The second-order valence-corrected chi connectivity index (χ2v) is 15.8. The molecule has 0 bridgehead atoms. The molecule has 4 rings (SSSR count). The van der Waals surface area contributed by atoms with Gasteiger partial charge in [-0.3, -0.25) is 14.4 Å². The van der Waals surface area contributed by atoms with Crippen molar-refractivity contribution in [3.63, 3.8) is 0 Å². The van der Waals surface area contributed by atoms with Gasteiger partial charge in [0.25, 0.3) is 0 Å².